The van der Waals surface area contributed by atoms with Crippen molar-refractivity contribution in [1.82, 2.24) is 4.31 Å². The van der Waals surface area contributed by atoms with Crippen LogP contribution in [0.2, 0.25) is 0 Å². The molecule has 0 unspecified atom stereocenters. The van der Waals surface area contributed by atoms with Crippen LogP contribution in [0.4, 0.5) is 0 Å². The summed E-state index contributed by atoms with van der Waals surface area (Å²) in [5.74, 6) is -1.04. The Hall–Kier alpha value is -1.55. The summed E-state index contributed by atoms with van der Waals surface area (Å²) in [6, 6.07) is 9.79. The lowest BCUT2D eigenvalue weighted by atomic mass is 9.96. The number of hydrogen-bond donors (Lipinski definition) is 0. The van der Waals surface area contributed by atoms with E-state index in [0.717, 1.165) is 25.5 Å². The van der Waals surface area contributed by atoms with Gasteiger partial charge in [-0.25, -0.2) is 8.42 Å². The molecule has 1 aliphatic rings. The predicted molar refractivity (Wildman–Crippen MR) is 102 cm³/mol. The van der Waals surface area contributed by atoms with Crippen LogP contribution in [0.3, 0.4) is 0 Å². The first-order valence-corrected chi connectivity index (χ1v) is 11.2. The van der Waals surface area contributed by atoms with Crippen LogP contribution in [0.1, 0.15) is 20.8 Å². The molecule has 1 aliphatic heterocycles. The van der Waals surface area contributed by atoms with E-state index in [-0.39, 0.29) is 18.7 Å². The zero-order valence-corrected chi connectivity index (χ0v) is 17.1. The molecule has 6 nitrogen and oxygen atoms in total. The maximum absolute atomic E-state index is 12.5. The van der Waals surface area contributed by atoms with Crippen LogP contribution >= 0.6 is 27.3 Å². The topological polar surface area (TPSA) is 80.8 Å². The number of carbonyl (C=O) groups excluding carboxylic acids is 2. The average Bonchev–Trinajstić information content (AvgIpc) is 3.04. The van der Waals surface area contributed by atoms with Crippen LogP contribution in [-0.4, -0.2) is 43.4 Å². The second kappa shape index (κ2) is 7.59. The van der Waals surface area contributed by atoms with Gasteiger partial charge in [0.2, 0.25) is 15.8 Å². The molecule has 1 atom stereocenters. The fraction of sp³-hybridized carbons (Fsp3) is 0.294. The first-order valence-electron chi connectivity index (χ1n) is 7.74. The Morgan fingerprint density at radius 3 is 2.54 bits per heavy atom. The van der Waals surface area contributed by atoms with E-state index in [1.165, 1.54) is 11.3 Å². The average molecular weight is 458 g/mol. The van der Waals surface area contributed by atoms with Crippen molar-refractivity contribution in [1.29, 1.82) is 0 Å². The number of sulfonamides is 1. The number of thiophene rings is 1. The van der Waals surface area contributed by atoms with Gasteiger partial charge in [-0.3, -0.25) is 9.59 Å². The number of ether oxygens (including phenoxy) is 1. The molecule has 9 heteroatoms. The number of halogens is 1. The number of benzene rings is 1. The van der Waals surface area contributed by atoms with Gasteiger partial charge < -0.3 is 4.74 Å². The smallest absolute Gasteiger partial charge is 0.325 e. The number of ketones is 1. The lowest BCUT2D eigenvalue weighted by Crippen LogP contribution is -2.49. The van der Waals surface area contributed by atoms with Crippen molar-refractivity contribution >= 4 is 49.0 Å². The van der Waals surface area contributed by atoms with Gasteiger partial charge in [0.1, 0.15) is 6.04 Å². The van der Waals surface area contributed by atoms with Crippen LogP contribution in [-0.2, 0) is 32.5 Å². The molecule has 0 radical (unpaired) electrons. The van der Waals surface area contributed by atoms with Crippen molar-refractivity contribution in [2.45, 2.75) is 19.0 Å². The lowest BCUT2D eigenvalue weighted by Gasteiger charge is -2.33. The predicted octanol–water partition coefficient (Wildman–Crippen LogP) is 2.62. The molecule has 0 saturated carbocycles. The highest BCUT2D eigenvalue weighted by Crippen LogP contribution is 2.26. The Labute approximate surface area is 164 Å². The highest BCUT2D eigenvalue weighted by molar-refractivity contribution is 9.11. The van der Waals surface area contributed by atoms with E-state index in [4.69, 9.17) is 4.74 Å². The maximum Gasteiger partial charge on any atom is 0.325 e. The number of Topliss-reactive ketones (excluding diaryl/α,β-unsaturated/α-hetero) is 1. The first-order chi connectivity index (χ1) is 12.3. The molecule has 0 spiro atoms. The molecule has 0 amide bonds. The molecule has 3 rings (SSSR count). The van der Waals surface area contributed by atoms with Gasteiger partial charge in [0.25, 0.3) is 0 Å². The number of fused-ring (bicyclic) bond motifs is 1. The van der Waals surface area contributed by atoms with Crippen molar-refractivity contribution in [3.8, 4) is 0 Å². The fourth-order valence-electron chi connectivity index (χ4n) is 2.82. The maximum atomic E-state index is 12.5. The summed E-state index contributed by atoms with van der Waals surface area (Å²) < 4.78 is 31.3. The highest BCUT2D eigenvalue weighted by atomic mass is 79.9. The summed E-state index contributed by atoms with van der Waals surface area (Å²) in [6.07, 6.45) is 1.29. The van der Waals surface area contributed by atoms with E-state index in [1.54, 1.807) is 12.1 Å². The Morgan fingerprint density at radius 1 is 1.23 bits per heavy atom. The van der Waals surface area contributed by atoms with E-state index in [1.807, 2.05) is 24.3 Å². The van der Waals surface area contributed by atoms with E-state index in [0.29, 0.717) is 4.88 Å². The van der Waals surface area contributed by atoms with Gasteiger partial charge in [0.05, 0.1) is 14.9 Å². The van der Waals surface area contributed by atoms with Gasteiger partial charge >= 0.3 is 5.97 Å². The van der Waals surface area contributed by atoms with Crippen molar-refractivity contribution in [3.63, 3.8) is 0 Å². The fourth-order valence-corrected chi connectivity index (χ4v) is 5.12. The van der Waals surface area contributed by atoms with Gasteiger partial charge in [0.15, 0.2) is 6.61 Å². The molecule has 0 N–H and O–H groups in total. The lowest BCUT2D eigenvalue weighted by molar-refractivity contribution is -0.147. The van der Waals surface area contributed by atoms with E-state index in [2.05, 4.69) is 15.9 Å². The SMILES string of the molecule is CS(=O)(=O)N1Cc2ccccc2C[C@H]1C(=O)OCC(=O)c1ccc(Br)s1. The zero-order valence-electron chi connectivity index (χ0n) is 13.8. The van der Waals surface area contributed by atoms with Crippen molar-refractivity contribution in [3.05, 3.63) is 56.2 Å². The van der Waals surface area contributed by atoms with E-state index < -0.39 is 28.6 Å². The van der Waals surface area contributed by atoms with E-state index in [9.17, 15) is 18.0 Å². The molecule has 0 aliphatic carbocycles. The molecule has 1 aromatic heterocycles. The van der Waals surface area contributed by atoms with Crippen molar-refractivity contribution in [2.75, 3.05) is 12.9 Å². The Kier molecular flexibility index (Phi) is 5.61. The molecular weight excluding hydrogens is 442 g/mol. The molecular formula is C17H16BrNO5S2. The monoisotopic (exact) mass is 457 g/mol. The van der Waals surface area contributed by atoms with Gasteiger partial charge in [0, 0.05) is 13.0 Å². The van der Waals surface area contributed by atoms with Gasteiger partial charge in [-0.15, -0.1) is 11.3 Å². The summed E-state index contributed by atoms with van der Waals surface area (Å²) in [5, 5.41) is 0. The number of rotatable bonds is 5. The molecule has 26 heavy (non-hydrogen) atoms. The van der Waals surface area contributed by atoms with Gasteiger partial charge in [-0.2, -0.15) is 4.31 Å². The molecule has 0 bridgehead atoms. The summed E-state index contributed by atoms with van der Waals surface area (Å²) in [7, 11) is -3.61. The first kappa shape index (κ1) is 19.2. The zero-order chi connectivity index (χ0) is 18.9. The molecule has 0 fully saturated rings. The number of nitrogens with zero attached hydrogens (tertiary/aromatic N) is 1. The Balaban J connectivity index is 1.75. The van der Waals surface area contributed by atoms with Crippen LogP contribution in [0.5, 0.6) is 0 Å². The van der Waals surface area contributed by atoms with Crippen molar-refractivity contribution in [2.24, 2.45) is 0 Å². The summed E-state index contributed by atoms with van der Waals surface area (Å²) >= 11 is 4.52. The third-order valence-corrected chi connectivity index (χ3v) is 7.00. The minimum atomic E-state index is -3.61. The third kappa shape index (κ3) is 4.22. The second-order valence-electron chi connectivity index (χ2n) is 5.93. The molecule has 138 valence electrons. The molecule has 1 aromatic carbocycles. The van der Waals surface area contributed by atoms with Gasteiger partial charge in [-0.1, -0.05) is 24.3 Å². The number of esters is 1. The minimum absolute atomic E-state index is 0.112. The molecule has 2 heterocycles. The van der Waals surface area contributed by atoms with Crippen LogP contribution in [0, 0.1) is 0 Å². The summed E-state index contributed by atoms with van der Waals surface area (Å²) in [6.45, 7) is -0.303. The molecule has 2 aromatic rings. The largest absolute Gasteiger partial charge is 0.456 e. The second-order valence-corrected chi connectivity index (χ2v) is 10.3. The van der Waals surface area contributed by atoms with Crippen LogP contribution in [0.15, 0.2) is 40.2 Å². The third-order valence-electron chi connectivity index (χ3n) is 4.10. The number of carbonyl (C=O) groups is 2. The summed E-state index contributed by atoms with van der Waals surface area (Å²) in [4.78, 5) is 25.1. The standard InChI is InChI=1S/C17H16BrNO5S2/c1-26(22,23)19-9-12-5-3-2-4-11(12)8-13(19)17(21)24-10-14(20)15-6-7-16(18)25-15/h2-7,13H,8-10H2,1H3/t13-/m0/s1. The quantitative estimate of drug-likeness (QED) is 0.509. The normalized spacial score (nSPS) is 17.5. The van der Waals surface area contributed by atoms with Crippen molar-refractivity contribution < 1.29 is 22.7 Å². The summed E-state index contributed by atoms with van der Waals surface area (Å²) in [5.41, 5.74) is 1.77. The number of hydrogen-bond acceptors (Lipinski definition) is 6. The minimum Gasteiger partial charge on any atom is -0.456 e. The van der Waals surface area contributed by atoms with Gasteiger partial charge in [-0.05, 0) is 39.2 Å². The highest BCUT2D eigenvalue weighted by Gasteiger charge is 2.38. The van der Waals surface area contributed by atoms with Crippen LogP contribution < -0.4 is 0 Å². The Bertz CT molecular complexity index is 954. The Morgan fingerprint density at radius 2 is 1.92 bits per heavy atom. The van der Waals surface area contributed by atoms with E-state index >= 15 is 0 Å². The molecule has 0 saturated heterocycles. The van der Waals surface area contributed by atoms with Crippen LogP contribution in [0.25, 0.3) is 0 Å².